The van der Waals surface area contributed by atoms with E-state index in [0.717, 1.165) is 17.4 Å². The van der Waals surface area contributed by atoms with Gasteiger partial charge in [0.2, 0.25) is 0 Å². The molecule has 100 valence electrons. The summed E-state index contributed by atoms with van der Waals surface area (Å²) < 4.78 is 6.31. The lowest BCUT2D eigenvalue weighted by atomic mass is 10.0. The second-order valence-electron chi connectivity index (χ2n) is 6.27. The highest BCUT2D eigenvalue weighted by Gasteiger charge is 2.38. The monoisotopic (exact) mass is 264 g/mol. The van der Waals surface area contributed by atoms with Crippen molar-refractivity contribution in [2.45, 2.75) is 51.9 Å². The molecule has 0 amide bonds. The van der Waals surface area contributed by atoms with Gasteiger partial charge in [-0.05, 0) is 30.6 Å². The maximum atomic E-state index is 11.1. The van der Waals surface area contributed by atoms with E-state index in [1.165, 1.54) is 0 Å². The standard InChI is InChI=1S/C15H24O2Si/c1-12(17-18(5,6)15(2,3)4)14-10-8-7-9-13(14)11-16/h7-12H,1-6H3. The third-order valence-corrected chi connectivity index (χ3v) is 8.39. The smallest absolute Gasteiger partial charge is 0.192 e. The summed E-state index contributed by atoms with van der Waals surface area (Å²) in [7, 11) is -1.80. The Balaban J connectivity index is 2.95. The number of benzene rings is 1. The first kappa shape index (κ1) is 15.1. The van der Waals surface area contributed by atoms with Crippen molar-refractivity contribution in [3.8, 4) is 0 Å². The molecule has 1 aromatic carbocycles. The van der Waals surface area contributed by atoms with Crippen LogP contribution in [0.5, 0.6) is 0 Å². The van der Waals surface area contributed by atoms with Crippen molar-refractivity contribution < 1.29 is 9.22 Å². The molecule has 1 aromatic rings. The second kappa shape index (κ2) is 5.37. The molecular weight excluding hydrogens is 240 g/mol. The summed E-state index contributed by atoms with van der Waals surface area (Å²) in [6.07, 6.45) is 0.869. The van der Waals surface area contributed by atoms with Gasteiger partial charge >= 0.3 is 0 Å². The average Bonchev–Trinajstić information content (AvgIpc) is 2.26. The lowest BCUT2D eigenvalue weighted by molar-refractivity contribution is 0.111. The highest BCUT2D eigenvalue weighted by Crippen LogP contribution is 2.39. The fourth-order valence-corrected chi connectivity index (χ4v) is 3.04. The summed E-state index contributed by atoms with van der Waals surface area (Å²) in [5.74, 6) is 0. The van der Waals surface area contributed by atoms with Crippen LogP contribution < -0.4 is 0 Å². The number of rotatable bonds is 4. The van der Waals surface area contributed by atoms with Gasteiger partial charge in [0.05, 0.1) is 6.10 Å². The Morgan fingerprint density at radius 2 is 1.78 bits per heavy atom. The summed E-state index contributed by atoms with van der Waals surface area (Å²) in [5, 5.41) is 0.178. The number of hydrogen-bond donors (Lipinski definition) is 0. The molecule has 18 heavy (non-hydrogen) atoms. The van der Waals surface area contributed by atoms with E-state index < -0.39 is 8.32 Å². The van der Waals surface area contributed by atoms with Crippen molar-refractivity contribution in [3.05, 3.63) is 35.4 Å². The molecular formula is C15H24O2Si. The first-order chi connectivity index (χ1) is 8.19. The molecule has 0 spiro atoms. The molecule has 3 heteroatoms. The van der Waals surface area contributed by atoms with Crippen LogP contribution in [0.3, 0.4) is 0 Å². The molecule has 0 radical (unpaired) electrons. The Morgan fingerprint density at radius 1 is 1.22 bits per heavy atom. The zero-order valence-electron chi connectivity index (χ0n) is 12.3. The van der Waals surface area contributed by atoms with E-state index in [2.05, 4.69) is 33.9 Å². The van der Waals surface area contributed by atoms with Gasteiger partial charge in [-0.2, -0.15) is 0 Å². The molecule has 1 unspecified atom stereocenters. The van der Waals surface area contributed by atoms with Crippen LogP contribution in [0.2, 0.25) is 18.1 Å². The van der Waals surface area contributed by atoms with Crippen LogP contribution in [0.25, 0.3) is 0 Å². The van der Waals surface area contributed by atoms with Gasteiger partial charge in [0.15, 0.2) is 8.32 Å². The highest BCUT2D eigenvalue weighted by molar-refractivity contribution is 6.74. The van der Waals surface area contributed by atoms with E-state index in [1.807, 2.05) is 31.2 Å². The normalized spacial score (nSPS) is 14.3. The first-order valence-corrected chi connectivity index (χ1v) is 9.32. The Bertz CT molecular complexity index is 419. The molecule has 0 heterocycles. The fraction of sp³-hybridized carbons (Fsp3) is 0.533. The van der Waals surface area contributed by atoms with Gasteiger partial charge in [0.1, 0.15) is 6.29 Å². The Morgan fingerprint density at radius 3 is 2.28 bits per heavy atom. The largest absolute Gasteiger partial charge is 0.410 e. The minimum absolute atomic E-state index is 0.0349. The Hall–Kier alpha value is -0.933. The third-order valence-electron chi connectivity index (χ3n) is 3.84. The summed E-state index contributed by atoms with van der Waals surface area (Å²) in [4.78, 5) is 11.1. The molecule has 1 rings (SSSR count). The van der Waals surface area contributed by atoms with E-state index in [0.29, 0.717) is 0 Å². The van der Waals surface area contributed by atoms with Gasteiger partial charge in [-0.1, -0.05) is 45.0 Å². The van der Waals surface area contributed by atoms with Gasteiger partial charge in [0, 0.05) is 5.56 Å². The molecule has 0 aliphatic rings. The molecule has 0 saturated carbocycles. The van der Waals surface area contributed by atoms with Gasteiger partial charge in [-0.15, -0.1) is 0 Å². The van der Waals surface area contributed by atoms with Crippen LogP contribution in [0.15, 0.2) is 24.3 Å². The van der Waals surface area contributed by atoms with E-state index >= 15 is 0 Å². The van der Waals surface area contributed by atoms with Crippen LogP contribution in [-0.2, 0) is 4.43 Å². The molecule has 0 aliphatic carbocycles. The number of carbonyl (C=O) groups is 1. The lowest BCUT2D eigenvalue weighted by Gasteiger charge is -2.38. The molecule has 1 atom stereocenters. The zero-order valence-corrected chi connectivity index (χ0v) is 13.3. The van der Waals surface area contributed by atoms with Crippen molar-refractivity contribution in [1.82, 2.24) is 0 Å². The van der Waals surface area contributed by atoms with Crippen LogP contribution in [0.1, 0.15) is 49.7 Å². The molecule has 0 fully saturated rings. The first-order valence-electron chi connectivity index (χ1n) is 6.41. The molecule has 0 aliphatic heterocycles. The van der Waals surface area contributed by atoms with Crippen molar-refractivity contribution in [2.75, 3.05) is 0 Å². The molecule has 0 aromatic heterocycles. The quantitative estimate of drug-likeness (QED) is 0.587. The zero-order chi connectivity index (χ0) is 14.0. The van der Waals surface area contributed by atoms with Crippen LogP contribution in [-0.4, -0.2) is 14.6 Å². The van der Waals surface area contributed by atoms with Crippen molar-refractivity contribution in [3.63, 3.8) is 0 Å². The summed E-state index contributed by atoms with van der Waals surface area (Å²) >= 11 is 0. The minimum Gasteiger partial charge on any atom is -0.410 e. The number of carbonyl (C=O) groups excluding carboxylic acids is 1. The van der Waals surface area contributed by atoms with Gasteiger partial charge < -0.3 is 4.43 Å². The summed E-state index contributed by atoms with van der Waals surface area (Å²) in [5.41, 5.74) is 1.71. The van der Waals surface area contributed by atoms with Gasteiger partial charge in [0.25, 0.3) is 0 Å². The van der Waals surface area contributed by atoms with Crippen molar-refractivity contribution >= 4 is 14.6 Å². The van der Waals surface area contributed by atoms with Gasteiger partial charge in [-0.25, -0.2) is 0 Å². The molecule has 2 nitrogen and oxygen atoms in total. The molecule has 0 bridgehead atoms. The van der Waals surface area contributed by atoms with E-state index in [4.69, 9.17) is 4.43 Å². The lowest BCUT2D eigenvalue weighted by Crippen LogP contribution is -2.41. The van der Waals surface area contributed by atoms with Crippen molar-refractivity contribution in [1.29, 1.82) is 0 Å². The highest BCUT2D eigenvalue weighted by atomic mass is 28.4. The topological polar surface area (TPSA) is 26.3 Å². The summed E-state index contributed by atoms with van der Waals surface area (Å²) in [6.45, 7) is 13.1. The number of aldehydes is 1. The van der Waals surface area contributed by atoms with E-state index in [1.54, 1.807) is 0 Å². The fourth-order valence-electron chi connectivity index (χ4n) is 1.67. The summed E-state index contributed by atoms with van der Waals surface area (Å²) in [6, 6.07) is 7.65. The minimum atomic E-state index is -1.80. The van der Waals surface area contributed by atoms with Crippen LogP contribution in [0.4, 0.5) is 0 Å². The Labute approximate surface area is 111 Å². The van der Waals surface area contributed by atoms with Gasteiger partial charge in [-0.3, -0.25) is 4.79 Å². The predicted molar refractivity (Wildman–Crippen MR) is 78.5 cm³/mol. The van der Waals surface area contributed by atoms with Crippen LogP contribution >= 0.6 is 0 Å². The number of hydrogen-bond acceptors (Lipinski definition) is 2. The maximum Gasteiger partial charge on any atom is 0.192 e. The maximum absolute atomic E-state index is 11.1. The Kier molecular flexibility index (Phi) is 4.51. The molecule has 0 N–H and O–H groups in total. The molecule has 0 saturated heterocycles. The SMILES string of the molecule is CC(O[Si](C)(C)C(C)(C)C)c1ccccc1C=O. The van der Waals surface area contributed by atoms with E-state index in [9.17, 15) is 4.79 Å². The van der Waals surface area contributed by atoms with Crippen LogP contribution in [0, 0.1) is 0 Å². The van der Waals surface area contributed by atoms with Crippen molar-refractivity contribution in [2.24, 2.45) is 0 Å². The average molecular weight is 264 g/mol. The van der Waals surface area contributed by atoms with E-state index in [-0.39, 0.29) is 11.1 Å². The predicted octanol–water partition coefficient (Wildman–Crippen LogP) is 4.58. The second-order valence-corrected chi connectivity index (χ2v) is 11.0. The third kappa shape index (κ3) is 3.30.